The largest absolute Gasteiger partial charge is 0.326 e. The summed E-state index contributed by atoms with van der Waals surface area (Å²) in [6.45, 7) is 4.23. The van der Waals surface area contributed by atoms with Crippen molar-refractivity contribution >= 4 is 11.6 Å². The molecule has 4 nitrogen and oxygen atoms in total. The van der Waals surface area contributed by atoms with Crippen LogP contribution in [0.2, 0.25) is 0 Å². The van der Waals surface area contributed by atoms with Crippen LogP contribution < -0.4 is 16.0 Å². The van der Waals surface area contributed by atoms with Gasteiger partial charge >= 0.3 is 0 Å². The van der Waals surface area contributed by atoms with Gasteiger partial charge in [-0.15, -0.1) is 0 Å². The smallest absolute Gasteiger partial charge is 0.228 e. The SMILES string of the molecule is O=C1Cc2cc(CNCC3CNC3)ccc2N1. The number of hydrogen-bond donors (Lipinski definition) is 3. The van der Waals surface area contributed by atoms with Crippen LogP contribution in [-0.2, 0) is 17.8 Å². The Bertz CT molecular complexity index is 440. The van der Waals surface area contributed by atoms with E-state index >= 15 is 0 Å². The second kappa shape index (κ2) is 4.47. The molecule has 0 unspecified atom stereocenters. The van der Waals surface area contributed by atoms with Crippen LogP contribution in [0.4, 0.5) is 5.69 Å². The number of anilines is 1. The number of nitrogens with one attached hydrogen (secondary N) is 3. The molecule has 1 amide bonds. The second-order valence-electron chi connectivity index (χ2n) is 4.87. The summed E-state index contributed by atoms with van der Waals surface area (Å²) < 4.78 is 0. The Morgan fingerprint density at radius 1 is 1.35 bits per heavy atom. The fraction of sp³-hybridized carbons (Fsp3) is 0.462. The quantitative estimate of drug-likeness (QED) is 0.707. The number of rotatable bonds is 4. The molecule has 1 aromatic rings. The molecular weight excluding hydrogens is 214 g/mol. The predicted octanol–water partition coefficient (Wildman–Crippen LogP) is 0.490. The molecule has 17 heavy (non-hydrogen) atoms. The van der Waals surface area contributed by atoms with Crippen molar-refractivity contribution in [3.63, 3.8) is 0 Å². The molecule has 4 heteroatoms. The van der Waals surface area contributed by atoms with Crippen molar-refractivity contribution in [3.05, 3.63) is 29.3 Å². The van der Waals surface area contributed by atoms with E-state index in [2.05, 4.69) is 28.1 Å². The Balaban J connectivity index is 1.56. The third-order valence-electron chi connectivity index (χ3n) is 3.42. The van der Waals surface area contributed by atoms with Crippen LogP contribution in [0.3, 0.4) is 0 Å². The minimum Gasteiger partial charge on any atom is -0.326 e. The van der Waals surface area contributed by atoms with Gasteiger partial charge in [0.25, 0.3) is 0 Å². The van der Waals surface area contributed by atoms with Gasteiger partial charge < -0.3 is 16.0 Å². The maximum Gasteiger partial charge on any atom is 0.228 e. The van der Waals surface area contributed by atoms with E-state index in [4.69, 9.17) is 0 Å². The molecule has 1 fully saturated rings. The third kappa shape index (κ3) is 2.33. The van der Waals surface area contributed by atoms with Crippen LogP contribution >= 0.6 is 0 Å². The van der Waals surface area contributed by atoms with Gasteiger partial charge in [-0.05, 0) is 23.1 Å². The summed E-state index contributed by atoms with van der Waals surface area (Å²) in [7, 11) is 0. The van der Waals surface area contributed by atoms with Gasteiger partial charge in [0.15, 0.2) is 0 Å². The average molecular weight is 231 g/mol. The molecule has 0 aliphatic carbocycles. The summed E-state index contributed by atoms with van der Waals surface area (Å²) in [4.78, 5) is 11.2. The fourth-order valence-electron chi connectivity index (χ4n) is 2.31. The molecule has 3 N–H and O–H groups in total. The number of amides is 1. The number of benzene rings is 1. The first kappa shape index (κ1) is 10.7. The molecule has 0 aromatic heterocycles. The number of carbonyl (C=O) groups excluding carboxylic acids is 1. The molecular formula is C13H17N3O. The van der Waals surface area contributed by atoms with E-state index < -0.39 is 0 Å². The second-order valence-corrected chi connectivity index (χ2v) is 4.87. The summed E-state index contributed by atoms with van der Waals surface area (Å²) in [6.07, 6.45) is 0.524. The standard InChI is InChI=1S/C13H17N3O/c17-13-4-11-3-9(1-2-12(11)16-13)5-14-6-10-7-15-8-10/h1-3,10,14-15H,4-8H2,(H,16,17). The molecule has 90 valence electrons. The zero-order chi connectivity index (χ0) is 11.7. The van der Waals surface area contributed by atoms with Gasteiger partial charge in [-0.3, -0.25) is 4.79 Å². The Morgan fingerprint density at radius 3 is 3.00 bits per heavy atom. The lowest BCUT2D eigenvalue weighted by Gasteiger charge is -2.27. The van der Waals surface area contributed by atoms with Crippen molar-refractivity contribution in [2.45, 2.75) is 13.0 Å². The zero-order valence-electron chi connectivity index (χ0n) is 9.75. The highest BCUT2D eigenvalue weighted by atomic mass is 16.1. The molecule has 0 saturated carbocycles. The number of carbonyl (C=O) groups is 1. The van der Waals surface area contributed by atoms with Gasteiger partial charge in [0.1, 0.15) is 0 Å². The molecule has 1 saturated heterocycles. The van der Waals surface area contributed by atoms with E-state index in [1.807, 2.05) is 6.07 Å². The first-order valence-electron chi connectivity index (χ1n) is 6.14. The van der Waals surface area contributed by atoms with Gasteiger partial charge in [0.05, 0.1) is 6.42 Å². The average Bonchev–Trinajstić information content (AvgIpc) is 2.61. The summed E-state index contributed by atoms with van der Waals surface area (Å²) in [6, 6.07) is 6.21. The molecule has 2 aliphatic heterocycles. The molecule has 1 aromatic carbocycles. The van der Waals surface area contributed by atoms with Crippen molar-refractivity contribution in [1.29, 1.82) is 0 Å². The lowest BCUT2D eigenvalue weighted by molar-refractivity contribution is -0.115. The van der Waals surface area contributed by atoms with Crippen LogP contribution in [0.25, 0.3) is 0 Å². The van der Waals surface area contributed by atoms with Crippen molar-refractivity contribution in [1.82, 2.24) is 10.6 Å². The topological polar surface area (TPSA) is 53.2 Å². The highest BCUT2D eigenvalue weighted by molar-refractivity contribution is 5.99. The Labute approximate surface area is 101 Å². The Morgan fingerprint density at radius 2 is 2.24 bits per heavy atom. The van der Waals surface area contributed by atoms with E-state index in [1.165, 1.54) is 5.56 Å². The van der Waals surface area contributed by atoms with Crippen LogP contribution in [0.5, 0.6) is 0 Å². The van der Waals surface area contributed by atoms with Gasteiger partial charge in [0.2, 0.25) is 5.91 Å². The third-order valence-corrected chi connectivity index (χ3v) is 3.42. The van der Waals surface area contributed by atoms with E-state index in [9.17, 15) is 4.79 Å². The normalized spacial score (nSPS) is 18.7. The van der Waals surface area contributed by atoms with Crippen molar-refractivity contribution in [2.24, 2.45) is 5.92 Å². The van der Waals surface area contributed by atoms with E-state index in [-0.39, 0.29) is 5.91 Å². The van der Waals surface area contributed by atoms with Crippen LogP contribution in [0, 0.1) is 5.92 Å². The Kier molecular flexibility index (Phi) is 2.82. The highest BCUT2D eigenvalue weighted by Crippen LogP contribution is 2.23. The van der Waals surface area contributed by atoms with Crippen molar-refractivity contribution < 1.29 is 4.79 Å². The maximum atomic E-state index is 11.2. The van der Waals surface area contributed by atoms with Crippen LogP contribution in [0.15, 0.2) is 18.2 Å². The molecule has 2 aliphatic rings. The Hall–Kier alpha value is -1.39. The van der Waals surface area contributed by atoms with E-state index in [1.54, 1.807) is 0 Å². The first-order valence-corrected chi connectivity index (χ1v) is 6.14. The van der Waals surface area contributed by atoms with Gasteiger partial charge in [-0.2, -0.15) is 0 Å². The summed E-state index contributed by atoms with van der Waals surface area (Å²) in [5.74, 6) is 0.887. The minimum atomic E-state index is 0.102. The van der Waals surface area contributed by atoms with Gasteiger partial charge in [0, 0.05) is 31.9 Å². The van der Waals surface area contributed by atoms with Crippen LogP contribution in [0.1, 0.15) is 11.1 Å². The van der Waals surface area contributed by atoms with E-state index in [0.717, 1.165) is 43.3 Å². The summed E-state index contributed by atoms with van der Waals surface area (Å²) in [5, 5.41) is 9.57. The molecule has 0 atom stereocenters. The highest BCUT2D eigenvalue weighted by Gasteiger charge is 2.18. The lowest BCUT2D eigenvalue weighted by Crippen LogP contribution is -2.47. The number of fused-ring (bicyclic) bond motifs is 1. The molecule has 2 heterocycles. The number of hydrogen-bond acceptors (Lipinski definition) is 3. The molecule has 3 rings (SSSR count). The molecule has 0 spiro atoms. The van der Waals surface area contributed by atoms with Gasteiger partial charge in [-0.1, -0.05) is 12.1 Å². The maximum absolute atomic E-state index is 11.2. The summed E-state index contributed by atoms with van der Waals surface area (Å²) >= 11 is 0. The predicted molar refractivity (Wildman–Crippen MR) is 66.8 cm³/mol. The zero-order valence-corrected chi connectivity index (χ0v) is 9.75. The molecule has 0 radical (unpaired) electrons. The minimum absolute atomic E-state index is 0.102. The van der Waals surface area contributed by atoms with Crippen molar-refractivity contribution in [2.75, 3.05) is 25.0 Å². The fourth-order valence-corrected chi connectivity index (χ4v) is 2.31. The first-order chi connectivity index (χ1) is 8.31. The molecule has 0 bridgehead atoms. The van der Waals surface area contributed by atoms with E-state index in [0.29, 0.717) is 6.42 Å². The monoisotopic (exact) mass is 231 g/mol. The summed E-state index contributed by atoms with van der Waals surface area (Å²) in [5.41, 5.74) is 3.36. The lowest BCUT2D eigenvalue weighted by atomic mass is 10.0. The van der Waals surface area contributed by atoms with Gasteiger partial charge in [-0.25, -0.2) is 0 Å². The van der Waals surface area contributed by atoms with Crippen LogP contribution in [-0.4, -0.2) is 25.5 Å². The van der Waals surface area contributed by atoms with Crippen molar-refractivity contribution in [3.8, 4) is 0 Å².